The molecule has 0 fully saturated rings. The molecule has 0 radical (unpaired) electrons. The van der Waals surface area contributed by atoms with E-state index in [4.69, 9.17) is 10.2 Å². The summed E-state index contributed by atoms with van der Waals surface area (Å²) in [5.74, 6) is -3.27. The Morgan fingerprint density at radius 1 is 1.24 bits per heavy atom. The van der Waals surface area contributed by atoms with E-state index in [0.717, 1.165) is 10.9 Å². The summed E-state index contributed by atoms with van der Waals surface area (Å²) in [6.07, 6.45) is 1.29. The summed E-state index contributed by atoms with van der Waals surface area (Å²) in [5, 5.41) is 18.6. The number of nitrogens with one attached hydrogen (secondary N) is 1. The van der Waals surface area contributed by atoms with Crippen molar-refractivity contribution in [3.63, 3.8) is 0 Å². The summed E-state index contributed by atoms with van der Waals surface area (Å²) in [7, 11) is 0. The number of H-pyrrole nitrogens is 1. The first-order chi connectivity index (χ1) is 8.09. The maximum absolute atomic E-state index is 11.1. The lowest BCUT2D eigenvalue weighted by atomic mass is 9.93. The van der Waals surface area contributed by atoms with Crippen LogP contribution in [0, 0.1) is 0 Å². The first-order valence-corrected chi connectivity index (χ1v) is 5.10. The van der Waals surface area contributed by atoms with Crippen LogP contribution >= 0.6 is 0 Å². The van der Waals surface area contributed by atoms with Gasteiger partial charge in [-0.1, -0.05) is 12.1 Å². The maximum atomic E-state index is 11.1. The molecule has 0 aliphatic rings. The number of benzene rings is 1. The zero-order valence-electron chi connectivity index (χ0n) is 8.88. The lowest BCUT2D eigenvalue weighted by molar-refractivity contribution is -0.145. The minimum Gasteiger partial charge on any atom is -0.481 e. The molecule has 0 spiro atoms. The predicted molar refractivity (Wildman–Crippen MR) is 60.9 cm³/mol. The average molecular weight is 233 g/mol. The minimum absolute atomic E-state index is 0.417. The number of aromatic amines is 1. The van der Waals surface area contributed by atoms with E-state index in [1.165, 1.54) is 0 Å². The molecule has 2 aromatic rings. The Morgan fingerprint density at radius 3 is 2.65 bits per heavy atom. The predicted octanol–water partition coefficient (Wildman–Crippen LogP) is 1.81. The molecule has 0 saturated heterocycles. The summed E-state index contributed by atoms with van der Waals surface area (Å²) in [4.78, 5) is 24.8. The first-order valence-electron chi connectivity index (χ1n) is 5.10. The van der Waals surface area contributed by atoms with Gasteiger partial charge in [0.15, 0.2) is 0 Å². The van der Waals surface area contributed by atoms with E-state index in [-0.39, 0.29) is 0 Å². The normalized spacial score (nSPS) is 12.5. The molecule has 88 valence electrons. The van der Waals surface area contributed by atoms with Crippen molar-refractivity contribution < 1.29 is 19.8 Å². The van der Waals surface area contributed by atoms with Gasteiger partial charge in [0.2, 0.25) is 0 Å². The van der Waals surface area contributed by atoms with E-state index in [2.05, 4.69) is 4.98 Å². The van der Waals surface area contributed by atoms with Gasteiger partial charge >= 0.3 is 11.9 Å². The van der Waals surface area contributed by atoms with Crippen LogP contribution in [0.15, 0.2) is 30.5 Å². The summed E-state index contributed by atoms with van der Waals surface area (Å²) in [6.45, 7) is 0. The Bertz CT molecular complexity index is 573. The van der Waals surface area contributed by atoms with E-state index in [9.17, 15) is 9.59 Å². The van der Waals surface area contributed by atoms with Gasteiger partial charge < -0.3 is 15.2 Å². The highest BCUT2D eigenvalue weighted by atomic mass is 16.4. The second kappa shape index (κ2) is 4.29. The van der Waals surface area contributed by atoms with Crippen molar-refractivity contribution in [2.75, 3.05) is 0 Å². The molecule has 0 bridgehead atoms. The zero-order chi connectivity index (χ0) is 12.4. The second-order valence-corrected chi connectivity index (χ2v) is 3.77. The van der Waals surface area contributed by atoms with Gasteiger partial charge in [-0.05, 0) is 17.7 Å². The fourth-order valence-corrected chi connectivity index (χ4v) is 1.92. The summed E-state index contributed by atoms with van der Waals surface area (Å²) >= 11 is 0. The van der Waals surface area contributed by atoms with Crippen molar-refractivity contribution in [3.05, 3.63) is 36.0 Å². The van der Waals surface area contributed by atoms with Gasteiger partial charge in [-0.2, -0.15) is 0 Å². The van der Waals surface area contributed by atoms with Gasteiger partial charge in [0.05, 0.1) is 12.3 Å². The highest BCUT2D eigenvalue weighted by Gasteiger charge is 2.24. The van der Waals surface area contributed by atoms with E-state index in [0.29, 0.717) is 5.56 Å². The Labute approximate surface area is 96.7 Å². The summed E-state index contributed by atoms with van der Waals surface area (Å²) < 4.78 is 0. The van der Waals surface area contributed by atoms with Crippen molar-refractivity contribution >= 4 is 22.8 Å². The third kappa shape index (κ3) is 2.13. The van der Waals surface area contributed by atoms with Crippen LogP contribution in [0.4, 0.5) is 0 Å². The van der Waals surface area contributed by atoms with Crippen LogP contribution in [0.25, 0.3) is 10.9 Å². The van der Waals surface area contributed by atoms with E-state index < -0.39 is 24.3 Å². The maximum Gasteiger partial charge on any atom is 0.311 e. The van der Waals surface area contributed by atoms with E-state index in [1.54, 1.807) is 24.4 Å². The van der Waals surface area contributed by atoms with Crippen molar-refractivity contribution in [1.82, 2.24) is 4.98 Å². The number of carboxylic acids is 2. The minimum atomic E-state index is -1.12. The fourth-order valence-electron chi connectivity index (χ4n) is 1.92. The van der Waals surface area contributed by atoms with Crippen molar-refractivity contribution in [2.45, 2.75) is 12.3 Å². The van der Waals surface area contributed by atoms with Crippen LogP contribution in [0.5, 0.6) is 0 Å². The molecule has 1 atom stereocenters. The molecule has 3 N–H and O–H groups in total. The Morgan fingerprint density at radius 2 is 2.00 bits per heavy atom. The molecule has 5 heteroatoms. The number of carbonyl (C=O) groups is 2. The first kappa shape index (κ1) is 11.2. The molecule has 1 unspecified atom stereocenters. The summed E-state index contributed by atoms with van der Waals surface area (Å²) in [6, 6.07) is 6.94. The van der Waals surface area contributed by atoms with E-state index >= 15 is 0 Å². The smallest absolute Gasteiger partial charge is 0.311 e. The van der Waals surface area contributed by atoms with Crippen LogP contribution < -0.4 is 0 Å². The van der Waals surface area contributed by atoms with Crippen LogP contribution in [-0.4, -0.2) is 27.1 Å². The van der Waals surface area contributed by atoms with E-state index in [1.807, 2.05) is 6.07 Å². The number of aromatic nitrogens is 1. The monoisotopic (exact) mass is 233 g/mol. The molecule has 1 aromatic carbocycles. The van der Waals surface area contributed by atoms with Gasteiger partial charge in [-0.15, -0.1) is 0 Å². The topological polar surface area (TPSA) is 90.4 Å². The summed E-state index contributed by atoms with van der Waals surface area (Å²) in [5.41, 5.74) is 1.33. The molecule has 0 aliphatic heterocycles. The molecule has 0 saturated carbocycles. The van der Waals surface area contributed by atoms with Gasteiger partial charge in [0, 0.05) is 17.1 Å². The van der Waals surface area contributed by atoms with Crippen LogP contribution in [0.1, 0.15) is 17.9 Å². The fraction of sp³-hybridized carbons (Fsp3) is 0.167. The molecule has 0 aliphatic carbocycles. The third-order valence-corrected chi connectivity index (χ3v) is 2.68. The lowest BCUT2D eigenvalue weighted by Gasteiger charge is -2.11. The Balaban J connectivity index is 2.51. The van der Waals surface area contributed by atoms with Crippen LogP contribution in [0.3, 0.4) is 0 Å². The molecule has 17 heavy (non-hydrogen) atoms. The molecule has 5 nitrogen and oxygen atoms in total. The van der Waals surface area contributed by atoms with Gasteiger partial charge in [-0.25, -0.2) is 0 Å². The number of hydrogen-bond donors (Lipinski definition) is 3. The highest BCUT2D eigenvalue weighted by molar-refractivity contribution is 5.91. The lowest BCUT2D eigenvalue weighted by Crippen LogP contribution is -2.16. The molecular formula is C12H11NO4. The number of rotatable bonds is 4. The highest BCUT2D eigenvalue weighted by Crippen LogP contribution is 2.27. The molecule has 0 amide bonds. The Hall–Kier alpha value is -2.30. The number of fused-ring (bicyclic) bond motifs is 1. The SMILES string of the molecule is O=C(O)CC(C(=O)O)c1cccc2[nH]ccc12. The van der Waals surface area contributed by atoms with Crippen molar-refractivity contribution in [1.29, 1.82) is 0 Å². The number of hydrogen-bond acceptors (Lipinski definition) is 2. The Kier molecular flexibility index (Phi) is 2.82. The molecule has 2 rings (SSSR count). The zero-order valence-corrected chi connectivity index (χ0v) is 8.88. The molecule has 1 aromatic heterocycles. The largest absolute Gasteiger partial charge is 0.481 e. The number of carboxylic acid groups (broad SMARTS) is 2. The van der Waals surface area contributed by atoms with Gasteiger partial charge in [-0.3, -0.25) is 9.59 Å². The van der Waals surface area contributed by atoms with Gasteiger partial charge in [0.25, 0.3) is 0 Å². The van der Waals surface area contributed by atoms with Crippen molar-refractivity contribution in [2.24, 2.45) is 0 Å². The van der Waals surface area contributed by atoms with Crippen molar-refractivity contribution in [3.8, 4) is 0 Å². The molecular weight excluding hydrogens is 222 g/mol. The number of aliphatic carboxylic acids is 2. The van der Waals surface area contributed by atoms with Crippen LogP contribution in [0.2, 0.25) is 0 Å². The standard InChI is InChI=1S/C12H11NO4/c14-11(15)6-9(12(16)17)7-2-1-3-10-8(7)4-5-13-10/h1-5,9,13H,6H2,(H,14,15)(H,16,17). The second-order valence-electron chi connectivity index (χ2n) is 3.77. The average Bonchev–Trinajstić information content (AvgIpc) is 2.73. The molecule has 1 heterocycles. The quantitative estimate of drug-likeness (QED) is 0.751. The third-order valence-electron chi connectivity index (χ3n) is 2.68. The van der Waals surface area contributed by atoms with Gasteiger partial charge in [0.1, 0.15) is 0 Å². The van der Waals surface area contributed by atoms with Crippen LogP contribution in [-0.2, 0) is 9.59 Å².